The molecule has 6 nitrogen and oxygen atoms in total. The van der Waals surface area contributed by atoms with Crippen LogP contribution >= 0.6 is 27.3 Å². The lowest BCUT2D eigenvalue weighted by Gasteiger charge is -2.10. The summed E-state index contributed by atoms with van der Waals surface area (Å²) in [6.07, 6.45) is 1.68. The lowest BCUT2D eigenvalue weighted by molar-refractivity contribution is 0.597. The van der Waals surface area contributed by atoms with Crippen molar-refractivity contribution in [2.45, 2.75) is 5.03 Å². The predicted octanol–water partition coefficient (Wildman–Crippen LogP) is 3.00. The third-order valence-corrected chi connectivity index (χ3v) is 5.66. The molecule has 0 amide bonds. The summed E-state index contributed by atoms with van der Waals surface area (Å²) in [5, 5.41) is 4.71. The van der Waals surface area contributed by atoms with Crippen molar-refractivity contribution in [1.82, 2.24) is 9.38 Å². The van der Waals surface area contributed by atoms with E-state index in [0.29, 0.717) is 20.9 Å². The lowest BCUT2D eigenvalue weighted by atomic mass is 10.3. The van der Waals surface area contributed by atoms with Gasteiger partial charge in [0.15, 0.2) is 10.8 Å². The van der Waals surface area contributed by atoms with Gasteiger partial charge < -0.3 is 5.32 Å². The summed E-state index contributed by atoms with van der Waals surface area (Å²) in [5.74, 6) is 0.321. The van der Waals surface area contributed by atoms with Gasteiger partial charge in [0.05, 0.1) is 5.69 Å². The Morgan fingerprint density at radius 1 is 1.33 bits per heavy atom. The highest BCUT2D eigenvalue weighted by Crippen LogP contribution is 2.29. The Labute approximate surface area is 134 Å². The van der Waals surface area contributed by atoms with Crippen molar-refractivity contribution in [2.75, 3.05) is 17.1 Å². The van der Waals surface area contributed by atoms with Gasteiger partial charge in [-0.15, -0.1) is 11.3 Å². The van der Waals surface area contributed by atoms with Crippen molar-refractivity contribution in [3.05, 3.63) is 40.3 Å². The molecular weight excluding hydrogens is 376 g/mol. The monoisotopic (exact) mass is 386 g/mol. The summed E-state index contributed by atoms with van der Waals surface area (Å²) in [4.78, 5) is 4.88. The number of hydrogen-bond acceptors (Lipinski definition) is 5. The summed E-state index contributed by atoms with van der Waals surface area (Å²) < 4.78 is 30.2. The molecule has 3 rings (SSSR count). The molecule has 0 saturated heterocycles. The number of halogens is 1. The molecule has 0 atom stereocenters. The molecule has 0 aliphatic heterocycles. The zero-order chi connectivity index (χ0) is 15.0. The molecule has 0 aliphatic rings. The van der Waals surface area contributed by atoms with Gasteiger partial charge in [-0.25, -0.2) is 4.98 Å². The minimum absolute atomic E-state index is 0.0944. The number of nitrogens with one attached hydrogen (secondary N) is 2. The maximum Gasteiger partial charge on any atom is 0.281 e. The second-order valence-electron chi connectivity index (χ2n) is 4.16. The van der Waals surface area contributed by atoms with Crippen molar-refractivity contribution in [3.8, 4) is 0 Å². The van der Waals surface area contributed by atoms with E-state index in [-0.39, 0.29) is 5.03 Å². The summed E-state index contributed by atoms with van der Waals surface area (Å²) in [7, 11) is -2.12. The molecule has 0 unspecified atom stereocenters. The average molecular weight is 387 g/mol. The van der Waals surface area contributed by atoms with E-state index in [9.17, 15) is 8.42 Å². The summed E-state index contributed by atoms with van der Waals surface area (Å²) in [6.45, 7) is 0. The van der Waals surface area contributed by atoms with E-state index in [1.165, 1.54) is 11.3 Å². The fourth-order valence-electron chi connectivity index (χ4n) is 1.92. The van der Waals surface area contributed by atoms with Crippen molar-refractivity contribution >= 4 is 53.8 Å². The third kappa shape index (κ3) is 2.52. The first kappa shape index (κ1) is 14.4. The third-order valence-electron chi connectivity index (χ3n) is 2.83. The van der Waals surface area contributed by atoms with Crippen LogP contribution in [0.25, 0.3) is 4.96 Å². The molecule has 2 aromatic heterocycles. The van der Waals surface area contributed by atoms with Gasteiger partial charge >= 0.3 is 0 Å². The number of para-hydroxylation sites is 1. The largest absolute Gasteiger partial charge is 0.371 e. The lowest BCUT2D eigenvalue weighted by Crippen LogP contribution is -2.16. The minimum atomic E-state index is -3.77. The normalized spacial score (nSPS) is 11.7. The topological polar surface area (TPSA) is 75.5 Å². The van der Waals surface area contributed by atoms with Crippen LogP contribution in [0.3, 0.4) is 0 Å². The van der Waals surface area contributed by atoms with Gasteiger partial charge in [-0.1, -0.05) is 12.1 Å². The van der Waals surface area contributed by atoms with Crippen molar-refractivity contribution in [1.29, 1.82) is 0 Å². The molecule has 0 spiro atoms. The quantitative estimate of drug-likeness (QED) is 0.722. The Morgan fingerprint density at radius 2 is 2.10 bits per heavy atom. The smallest absolute Gasteiger partial charge is 0.281 e. The van der Waals surface area contributed by atoms with Gasteiger partial charge in [-0.2, -0.15) is 8.42 Å². The van der Waals surface area contributed by atoms with Crippen LogP contribution in [0.1, 0.15) is 0 Å². The Bertz CT molecular complexity index is 901. The predicted molar refractivity (Wildman–Crippen MR) is 87.6 cm³/mol. The number of hydrogen-bond donors (Lipinski definition) is 2. The van der Waals surface area contributed by atoms with E-state index in [0.717, 1.165) is 0 Å². The highest BCUT2D eigenvalue weighted by molar-refractivity contribution is 9.10. The Hall–Kier alpha value is -1.58. The van der Waals surface area contributed by atoms with Gasteiger partial charge in [0.2, 0.25) is 5.03 Å². The number of nitrogens with zero attached hydrogens (tertiary/aromatic N) is 2. The Morgan fingerprint density at radius 3 is 2.81 bits per heavy atom. The maximum absolute atomic E-state index is 12.7. The molecule has 0 bridgehead atoms. The summed E-state index contributed by atoms with van der Waals surface area (Å²) >= 11 is 4.70. The van der Waals surface area contributed by atoms with Gasteiger partial charge in [-0.05, 0) is 28.1 Å². The molecular formula is C12H11BrN4O2S2. The number of aromatic nitrogens is 2. The molecule has 21 heavy (non-hydrogen) atoms. The van der Waals surface area contributed by atoms with Crippen molar-refractivity contribution in [2.24, 2.45) is 0 Å². The second-order valence-corrected chi connectivity index (χ2v) is 7.48. The molecule has 0 fully saturated rings. The number of benzene rings is 1. The van der Waals surface area contributed by atoms with Gasteiger partial charge in [0.25, 0.3) is 10.0 Å². The fraction of sp³-hybridized carbons (Fsp3) is 0.0833. The number of sulfonamides is 1. The van der Waals surface area contributed by atoms with Crippen LogP contribution in [0.2, 0.25) is 0 Å². The van der Waals surface area contributed by atoms with E-state index in [1.54, 1.807) is 41.2 Å². The number of imidazole rings is 1. The second kappa shape index (κ2) is 5.32. The molecule has 0 aliphatic carbocycles. The van der Waals surface area contributed by atoms with E-state index in [4.69, 9.17) is 0 Å². The first-order valence-corrected chi connectivity index (χ1v) is 9.09. The Balaban J connectivity index is 2.12. The first-order valence-electron chi connectivity index (χ1n) is 5.93. The average Bonchev–Trinajstić information content (AvgIpc) is 3.00. The van der Waals surface area contributed by atoms with Crippen LogP contribution in [-0.4, -0.2) is 24.9 Å². The SMILES string of the molecule is CNc1nc2sccn2c1S(=O)(=O)Nc1ccccc1Br. The van der Waals surface area contributed by atoms with Crippen LogP contribution < -0.4 is 10.0 Å². The molecule has 3 aromatic rings. The highest BCUT2D eigenvalue weighted by atomic mass is 79.9. The van der Waals surface area contributed by atoms with Crippen molar-refractivity contribution in [3.63, 3.8) is 0 Å². The maximum atomic E-state index is 12.7. The zero-order valence-corrected chi connectivity index (χ0v) is 14.1. The van der Waals surface area contributed by atoms with E-state index < -0.39 is 10.0 Å². The van der Waals surface area contributed by atoms with E-state index in [1.807, 2.05) is 6.07 Å². The summed E-state index contributed by atoms with van der Waals surface area (Å²) in [6, 6.07) is 7.04. The van der Waals surface area contributed by atoms with Crippen LogP contribution in [0.15, 0.2) is 45.3 Å². The van der Waals surface area contributed by atoms with Gasteiger partial charge in [0, 0.05) is 23.1 Å². The number of fused-ring (bicyclic) bond motifs is 1. The molecule has 0 saturated carbocycles. The summed E-state index contributed by atoms with van der Waals surface area (Å²) in [5.41, 5.74) is 0.477. The van der Waals surface area contributed by atoms with Crippen molar-refractivity contribution < 1.29 is 8.42 Å². The van der Waals surface area contributed by atoms with E-state index in [2.05, 4.69) is 31.0 Å². The van der Waals surface area contributed by atoms with Crippen LogP contribution in [-0.2, 0) is 10.0 Å². The number of anilines is 2. The van der Waals surface area contributed by atoms with Gasteiger partial charge in [-0.3, -0.25) is 9.12 Å². The minimum Gasteiger partial charge on any atom is -0.371 e. The number of thiazole rings is 1. The molecule has 110 valence electrons. The molecule has 9 heteroatoms. The highest BCUT2D eigenvalue weighted by Gasteiger charge is 2.26. The standard InChI is InChI=1S/C12H11BrN4O2S2/c1-14-10-11(17-6-7-20-12(17)15-10)21(18,19)16-9-5-3-2-4-8(9)13/h2-7,14,16H,1H3. The molecule has 1 aromatic carbocycles. The Kier molecular flexibility index (Phi) is 3.64. The molecule has 2 heterocycles. The van der Waals surface area contributed by atoms with Gasteiger partial charge in [0.1, 0.15) is 0 Å². The van der Waals surface area contributed by atoms with Crippen LogP contribution in [0, 0.1) is 0 Å². The van der Waals surface area contributed by atoms with Crippen LogP contribution in [0.5, 0.6) is 0 Å². The zero-order valence-electron chi connectivity index (χ0n) is 10.9. The van der Waals surface area contributed by atoms with Crippen LogP contribution in [0.4, 0.5) is 11.5 Å². The molecule has 2 N–H and O–H groups in total. The molecule has 0 radical (unpaired) electrons. The first-order chi connectivity index (χ1) is 10.0. The fourth-order valence-corrected chi connectivity index (χ4v) is 4.58. The van der Waals surface area contributed by atoms with E-state index >= 15 is 0 Å². The number of rotatable bonds is 4.